The summed E-state index contributed by atoms with van der Waals surface area (Å²) in [5.41, 5.74) is 0. The van der Waals surface area contributed by atoms with Gasteiger partial charge in [-0.2, -0.15) is 0 Å². The maximum absolute atomic E-state index is 5.84. The van der Waals surface area contributed by atoms with E-state index in [1.54, 1.807) is 0 Å². The third-order valence-corrected chi connectivity index (χ3v) is 2.75. The van der Waals surface area contributed by atoms with Crippen molar-refractivity contribution in [2.75, 3.05) is 6.61 Å². The average molecular weight is 156 g/mol. The molecule has 2 heterocycles. The van der Waals surface area contributed by atoms with Crippen LogP contribution in [0, 0.1) is 0 Å². The molecule has 0 unspecified atom stereocenters. The Kier molecular flexibility index (Phi) is 1.90. The molecular formula is C9H16O2. The second-order valence-electron chi connectivity index (χ2n) is 3.55. The molecule has 64 valence electrons. The van der Waals surface area contributed by atoms with E-state index in [0.29, 0.717) is 6.10 Å². The topological polar surface area (TPSA) is 18.5 Å². The van der Waals surface area contributed by atoms with Gasteiger partial charge in [-0.15, -0.1) is 0 Å². The Hall–Kier alpha value is -0.0800. The van der Waals surface area contributed by atoms with E-state index in [9.17, 15) is 0 Å². The minimum Gasteiger partial charge on any atom is -0.350 e. The van der Waals surface area contributed by atoms with Gasteiger partial charge in [0.25, 0.3) is 0 Å². The zero-order valence-electron chi connectivity index (χ0n) is 7.14. The van der Waals surface area contributed by atoms with Gasteiger partial charge in [-0.3, -0.25) is 0 Å². The summed E-state index contributed by atoms with van der Waals surface area (Å²) in [7, 11) is 0. The fourth-order valence-corrected chi connectivity index (χ4v) is 2.05. The molecule has 1 spiro atoms. The number of hydrogen-bond acceptors (Lipinski definition) is 2. The lowest BCUT2D eigenvalue weighted by Gasteiger charge is -2.22. The van der Waals surface area contributed by atoms with Crippen molar-refractivity contribution in [3.8, 4) is 0 Å². The lowest BCUT2D eigenvalue weighted by molar-refractivity contribution is -0.198. The van der Waals surface area contributed by atoms with Crippen LogP contribution >= 0.6 is 0 Å². The maximum Gasteiger partial charge on any atom is 0.168 e. The first-order chi connectivity index (χ1) is 5.35. The molecule has 2 atom stereocenters. The zero-order chi connectivity index (χ0) is 7.73. The standard InChI is InChI=1S/C9H16O2/c1-2-8-4-6-9(11-8)5-3-7-10-9/h8H,2-7H2,1H3/t8-,9-/m0/s1. The molecule has 0 aromatic rings. The van der Waals surface area contributed by atoms with Crippen LogP contribution in [0.5, 0.6) is 0 Å². The third-order valence-electron chi connectivity index (χ3n) is 2.75. The van der Waals surface area contributed by atoms with Gasteiger partial charge in [0.1, 0.15) is 0 Å². The average Bonchev–Trinajstić information content (AvgIpc) is 2.62. The lowest BCUT2D eigenvalue weighted by Crippen LogP contribution is -2.27. The molecule has 2 rings (SSSR count). The molecule has 2 nitrogen and oxygen atoms in total. The molecule has 0 aliphatic carbocycles. The molecule has 11 heavy (non-hydrogen) atoms. The van der Waals surface area contributed by atoms with E-state index in [-0.39, 0.29) is 5.79 Å². The Balaban J connectivity index is 1.96. The summed E-state index contributed by atoms with van der Waals surface area (Å²) in [6.07, 6.45) is 6.20. The van der Waals surface area contributed by atoms with Gasteiger partial charge in [0.05, 0.1) is 12.7 Å². The molecular weight excluding hydrogens is 140 g/mol. The van der Waals surface area contributed by atoms with E-state index in [1.807, 2.05) is 0 Å². The van der Waals surface area contributed by atoms with Gasteiger partial charge >= 0.3 is 0 Å². The molecule has 2 saturated heterocycles. The number of hydrogen-bond donors (Lipinski definition) is 0. The monoisotopic (exact) mass is 156 g/mol. The van der Waals surface area contributed by atoms with Crippen LogP contribution in [0.1, 0.15) is 39.0 Å². The molecule has 2 heteroatoms. The van der Waals surface area contributed by atoms with Crippen molar-refractivity contribution in [3.63, 3.8) is 0 Å². The molecule has 2 aliphatic rings. The second kappa shape index (κ2) is 2.76. The van der Waals surface area contributed by atoms with Crippen LogP contribution in [-0.2, 0) is 9.47 Å². The fraction of sp³-hybridized carbons (Fsp3) is 1.00. The van der Waals surface area contributed by atoms with Crippen molar-refractivity contribution >= 4 is 0 Å². The van der Waals surface area contributed by atoms with Gasteiger partial charge in [0.15, 0.2) is 5.79 Å². The minimum absolute atomic E-state index is 0.138. The first-order valence-electron chi connectivity index (χ1n) is 4.66. The molecule has 2 aliphatic heterocycles. The van der Waals surface area contributed by atoms with Gasteiger partial charge in [-0.1, -0.05) is 6.92 Å². The summed E-state index contributed by atoms with van der Waals surface area (Å²) >= 11 is 0. The maximum atomic E-state index is 5.84. The lowest BCUT2D eigenvalue weighted by atomic mass is 10.1. The molecule has 0 aromatic heterocycles. The normalized spacial score (nSPS) is 43.9. The Morgan fingerprint density at radius 2 is 2.36 bits per heavy atom. The smallest absolute Gasteiger partial charge is 0.168 e. The van der Waals surface area contributed by atoms with E-state index in [0.717, 1.165) is 25.9 Å². The van der Waals surface area contributed by atoms with Gasteiger partial charge in [-0.05, 0) is 19.3 Å². The van der Waals surface area contributed by atoms with Crippen molar-refractivity contribution in [1.82, 2.24) is 0 Å². The van der Waals surface area contributed by atoms with E-state index in [2.05, 4.69) is 6.92 Å². The van der Waals surface area contributed by atoms with Crippen molar-refractivity contribution in [3.05, 3.63) is 0 Å². The van der Waals surface area contributed by atoms with Crippen molar-refractivity contribution in [2.24, 2.45) is 0 Å². The highest BCUT2D eigenvalue weighted by molar-refractivity contribution is 4.83. The molecule has 0 saturated carbocycles. The highest BCUT2D eigenvalue weighted by atomic mass is 16.7. The molecule has 0 amide bonds. The van der Waals surface area contributed by atoms with Crippen LogP contribution in [-0.4, -0.2) is 18.5 Å². The molecule has 0 bridgehead atoms. The predicted molar refractivity (Wildman–Crippen MR) is 42.3 cm³/mol. The van der Waals surface area contributed by atoms with Gasteiger partial charge in [-0.25, -0.2) is 0 Å². The van der Waals surface area contributed by atoms with E-state index >= 15 is 0 Å². The summed E-state index contributed by atoms with van der Waals surface area (Å²) in [5.74, 6) is -0.138. The second-order valence-corrected chi connectivity index (χ2v) is 3.55. The molecule has 2 fully saturated rings. The van der Waals surface area contributed by atoms with Crippen LogP contribution in [0.25, 0.3) is 0 Å². The summed E-state index contributed by atoms with van der Waals surface area (Å²) in [5, 5.41) is 0. The summed E-state index contributed by atoms with van der Waals surface area (Å²) < 4.78 is 11.4. The predicted octanol–water partition coefficient (Wildman–Crippen LogP) is 2.08. The number of ether oxygens (including phenoxy) is 2. The molecule has 0 radical (unpaired) electrons. The third kappa shape index (κ3) is 1.30. The Labute approximate surface area is 67.9 Å². The van der Waals surface area contributed by atoms with Crippen LogP contribution in [0.4, 0.5) is 0 Å². The van der Waals surface area contributed by atoms with Crippen molar-refractivity contribution in [1.29, 1.82) is 0 Å². The highest BCUT2D eigenvalue weighted by Crippen LogP contribution is 2.39. The van der Waals surface area contributed by atoms with Gasteiger partial charge < -0.3 is 9.47 Å². The summed E-state index contributed by atoms with van der Waals surface area (Å²) in [4.78, 5) is 0. The van der Waals surface area contributed by atoms with Gasteiger partial charge in [0.2, 0.25) is 0 Å². The summed E-state index contributed by atoms with van der Waals surface area (Å²) in [6.45, 7) is 3.08. The summed E-state index contributed by atoms with van der Waals surface area (Å²) in [6, 6.07) is 0. The van der Waals surface area contributed by atoms with Crippen LogP contribution in [0.2, 0.25) is 0 Å². The van der Waals surface area contributed by atoms with Crippen LogP contribution < -0.4 is 0 Å². The van der Waals surface area contributed by atoms with E-state index in [4.69, 9.17) is 9.47 Å². The highest BCUT2D eigenvalue weighted by Gasteiger charge is 2.42. The number of rotatable bonds is 1. The Morgan fingerprint density at radius 3 is 2.91 bits per heavy atom. The Bertz CT molecular complexity index is 138. The first-order valence-corrected chi connectivity index (χ1v) is 4.66. The van der Waals surface area contributed by atoms with Crippen LogP contribution in [0.15, 0.2) is 0 Å². The quantitative estimate of drug-likeness (QED) is 0.578. The fourth-order valence-electron chi connectivity index (χ4n) is 2.05. The molecule has 0 aromatic carbocycles. The van der Waals surface area contributed by atoms with Crippen LogP contribution in [0.3, 0.4) is 0 Å². The minimum atomic E-state index is -0.138. The van der Waals surface area contributed by atoms with Crippen molar-refractivity contribution in [2.45, 2.75) is 50.9 Å². The largest absolute Gasteiger partial charge is 0.350 e. The van der Waals surface area contributed by atoms with E-state index < -0.39 is 0 Å². The molecule has 0 N–H and O–H groups in total. The van der Waals surface area contributed by atoms with E-state index in [1.165, 1.54) is 12.8 Å². The van der Waals surface area contributed by atoms with Crippen molar-refractivity contribution < 1.29 is 9.47 Å². The first kappa shape index (κ1) is 7.56. The van der Waals surface area contributed by atoms with Gasteiger partial charge in [0, 0.05) is 12.8 Å². The SMILES string of the molecule is CC[C@H]1CC[C@]2(CCCO2)O1. The zero-order valence-corrected chi connectivity index (χ0v) is 7.14. The Morgan fingerprint density at radius 1 is 1.45 bits per heavy atom.